The van der Waals surface area contributed by atoms with Crippen LogP contribution in [0.25, 0.3) is 11.4 Å². The second kappa shape index (κ2) is 4.63. The molecule has 1 aromatic carbocycles. The first-order valence-corrected chi connectivity index (χ1v) is 5.24. The fraction of sp³-hybridized carbons (Fsp3) is 0.0909. The number of nitrogens with zero attached hydrogens (tertiary/aromatic N) is 1. The van der Waals surface area contributed by atoms with Gasteiger partial charge in [0.15, 0.2) is 0 Å². The van der Waals surface area contributed by atoms with Crippen molar-refractivity contribution in [1.82, 2.24) is 9.97 Å². The normalized spacial score (nSPS) is 10.5. The smallest absolute Gasteiger partial charge is 0.251 e. The van der Waals surface area contributed by atoms with E-state index in [1.54, 1.807) is 0 Å². The second-order valence-corrected chi connectivity index (χ2v) is 3.64. The van der Waals surface area contributed by atoms with E-state index < -0.39 is 17.2 Å². The third-order valence-electron chi connectivity index (χ3n) is 2.07. The first-order valence-electron chi connectivity index (χ1n) is 4.71. The van der Waals surface area contributed by atoms with E-state index in [1.807, 2.05) is 0 Å². The molecule has 1 N–H and O–H groups in total. The summed E-state index contributed by atoms with van der Waals surface area (Å²) in [7, 11) is 0. The van der Waals surface area contributed by atoms with E-state index in [0.717, 1.165) is 18.2 Å². The molecule has 3 nitrogen and oxygen atoms in total. The lowest BCUT2D eigenvalue weighted by atomic mass is 10.2. The Balaban J connectivity index is 2.59. The van der Waals surface area contributed by atoms with Crippen LogP contribution in [-0.4, -0.2) is 9.97 Å². The predicted molar refractivity (Wildman–Crippen MR) is 59.8 cm³/mol. The van der Waals surface area contributed by atoms with Crippen molar-refractivity contribution < 1.29 is 8.78 Å². The van der Waals surface area contributed by atoms with Crippen molar-refractivity contribution in [2.45, 2.75) is 5.88 Å². The number of hydrogen-bond donors (Lipinski definition) is 1. The van der Waals surface area contributed by atoms with Gasteiger partial charge in [-0.15, -0.1) is 11.6 Å². The van der Waals surface area contributed by atoms with Crippen LogP contribution in [0.3, 0.4) is 0 Å². The van der Waals surface area contributed by atoms with Gasteiger partial charge in [-0.2, -0.15) is 0 Å². The molecule has 17 heavy (non-hydrogen) atoms. The van der Waals surface area contributed by atoms with Crippen molar-refractivity contribution in [2.75, 3.05) is 0 Å². The Bertz CT molecular complexity index is 592. The lowest BCUT2D eigenvalue weighted by molar-refractivity contribution is 0.584. The molecule has 1 heterocycles. The average molecular weight is 257 g/mol. The Labute approximate surface area is 100 Å². The van der Waals surface area contributed by atoms with E-state index in [9.17, 15) is 13.6 Å². The minimum Gasteiger partial charge on any atom is -0.307 e. The zero-order valence-electron chi connectivity index (χ0n) is 8.51. The third-order valence-corrected chi connectivity index (χ3v) is 2.34. The van der Waals surface area contributed by atoms with E-state index in [0.29, 0.717) is 5.69 Å². The predicted octanol–water partition coefficient (Wildman–Crippen LogP) is 2.45. The van der Waals surface area contributed by atoms with Crippen LogP contribution < -0.4 is 5.56 Å². The highest BCUT2D eigenvalue weighted by Crippen LogP contribution is 2.17. The molecule has 88 valence electrons. The number of alkyl halides is 1. The van der Waals surface area contributed by atoms with Gasteiger partial charge < -0.3 is 4.98 Å². The molecule has 0 atom stereocenters. The van der Waals surface area contributed by atoms with E-state index in [-0.39, 0.29) is 17.3 Å². The van der Waals surface area contributed by atoms with Crippen molar-refractivity contribution in [1.29, 1.82) is 0 Å². The van der Waals surface area contributed by atoms with Crippen molar-refractivity contribution in [3.05, 3.63) is 51.9 Å². The Morgan fingerprint density at radius 3 is 2.41 bits per heavy atom. The van der Waals surface area contributed by atoms with Gasteiger partial charge in [-0.25, -0.2) is 13.8 Å². The highest BCUT2D eigenvalue weighted by molar-refractivity contribution is 6.16. The Morgan fingerprint density at radius 1 is 1.18 bits per heavy atom. The summed E-state index contributed by atoms with van der Waals surface area (Å²) in [5.74, 6) is -1.33. The van der Waals surface area contributed by atoms with Gasteiger partial charge >= 0.3 is 0 Å². The van der Waals surface area contributed by atoms with E-state index in [2.05, 4.69) is 9.97 Å². The van der Waals surface area contributed by atoms with Gasteiger partial charge in [0.2, 0.25) is 0 Å². The number of hydrogen-bond acceptors (Lipinski definition) is 2. The third kappa shape index (κ3) is 2.68. The van der Waals surface area contributed by atoms with Gasteiger partial charge in [0, 0.05) is 17.7 Å². The number of nitrogens with one attached hydrogen (secondary N) is 1. The Morgan fingerprint density at radius 2 is 1.82 bits per heavy atom. The van der Waals surface area contributed by atoms with Crippen LogP contribution in [0.15, 0.2) is 29.1 Å². The van der Waals surface area contributed by atoms with Crippen molar-refractivity contribution >= 4 is 11.6 Å². The van der Waals surface area contributed by atoms with Crippen LogP contribution in [0.4, 0.5) is 8.78 Å². The average Bonchev–Trinajstić information content (AvgIpc) is 2.26. The molecule has 1 aromatic heterocycles. The summed E-state index contributed by atoms with van der Waals surface area (Å²) < 4.78 is 26.0. The molecule has 0 saturated heterocycles. The molecular formula is C11H7ClF2N2O. The molecular weight excluding hydrogens is 250 g/mol. The number of halogens is 3. The summed E-state index contributed by atoms with van der Waals surface area (Å²) in [4.78, 5) is 17.6. The SMILES string of the molecule is O=c1cc(CCl)nc(-c2cc(F)cc(F)c2)[nH]1. The molecule has 0 aliphatic rings. The lowest BCUT2D eigenvalue weighted by Gasteiger charge is -2.03. The molecule has 2 aromatic rings. The summed E-state index contributed by atoms with van der Waals surface area (Å²) >= 11 is 5.56. The first kappa shape index (κ1) is 11.7. The zero-order valence-corrected chi connectivity index (χ0v) is 9.26. The largest absolute Gasteiger partial charge is 0.307 e. The van der Waals surface area contributed by atoms with E-state index in [1.165, 1.54) is 6.07 Å². The summed E-state index contributed by atoms with van der Waals surface area (Å²) in [6.45, 7) is 0. The van der Waals surface area contributed by atoms with Gasteiger partial charge in [-0.3, -0.25) is 4.79 Å². The lowest BCUT2D eigenvalue weighted by Crippen LogP contribution is -2.09. The minimum absolute atomic E-state index is 0.0503. The minimum atomic E-state index is -0.737. The summed E-state index contributed by atoms with van der Waals surface area (Å²) in [6.07, 6.45) is 0. The molecule has 0 radical (unpaired) electrons. The number of aromatic nitrogens is 2. The van der Waals surface area contributed by atoms with Crippen molar-refractivity contribution in [3.63, 3.8) is 0 Å². The number of H-pyrrole nitrogens is 1. The van der Waals surface area contributed by atoms with Crippen molar-refractivity contribution in [3.8, 4) is 11.4 Å². The van der Waals surface area contributed by atoms with Crippen LogP contribution in [-0.2, 0) is 5.88 Å². The van der Waals surface area contributed by atoms with Gasteiger partial charge in [-0.1, -0.05) is 0 Å². The van der Waals surface area contributed by atoms with Gasteiger partial charge in [-0.05, 0) is 12.1 Å². The topological polar surface area (TPSA) is 45.8 Å². The highest BCUT2D eigenvalue weighted by Gasteiger charge is 2.07. The van der Waals surface area contributed by atoms with Crippen LogP contribution in [0, 0.1) is 11.6 Å². The van der Waals surface area contributed by atoms with Crippen molar-refractivity contribution in [2.24, 2.45) is 0 Å². The molecule has 0 amide bonds. The van der Waals surface area contributed by atoms with Crippen LogP contribution in [0.1, 0.15) is 5.69 Å². The maximum absolute atomic E-state index is 13.0. The Hall–Kier alpha value is -1.75. The molecule has 0 spiro atoms. The molecule has 0 saturated carbocycles. The number of benzene rings is 1. The molecule has 0 unspecified atom stereocenters. The summed E-state index contributed by atoms with van der Waals surface area (Å²) in [5.41, 5.74) is 0.0805. The molecule has 6 heteroatoms. The van der Waals surface area contributed by atoms with Gasteiger partial charge in [0.05, 0.1) is 11.6 Å². The van der Waals surface area contributed by atoms with Gasteiger partial charge in [0.1, 0.15) is 17.5 Å². The second-order valence-electron chi connectivity index (χ2n) is 3.38. The molecule has 0 fully saturated rings. The monoisotopic (exact) mass is 256 g/mol. The van der Waals surface area contributed by atoms with Crippen LogP contribution in [0.2, 0.25) is 0 Å². The maximum atomic E-state index is 13.0. The number of aromatic amines is 1. The fourth-order valence-electron chi connectivity index (χ4n) is 1.40. The molecule has 0 bridgehead atoms. The first-order chi connectivity index (χ1) is 8.08. The summed E-state index contributed by atoms with van der Waals surface area (Å²) in [6, 6.07) is 4.14. The zero-order chi connectivity index (χ0) is 12.4. The van der Waals surface area contributed by atoms with Gasteiger partial charge in [0.25, 0.3) is 5.56 Å². The van der Waals surface area contributed by atoms with E-state index in [4.69, 9.17) is 11.6 Å². The van der Waals surface area contributed by atoms with E-state index >= 15 is 0 Å². The maximum Gasteiger partial charge on any atom is 0.251 e. The molecule has 2 rings (SSSR count). The standard InChI is InChI=1S/C11H7ClF2N2O/c12-5-9-4-10(17)16-11(15-9)6-1-7(13)3-8(14)2-6/h1-4H,5H2,(H,15,16,17). The fourth-order valence-corrected chi connectivity index (χ4v) is 1.54. The number of rotatable bonds is 2. The molecule has 0 aliphatic carbocycles. The molecule has 0 aliphatic heterocycles. The van der Waals surface area contributed by atoms with Crippen LogP contribution >= 0.6 is 11.6 Å². The quantitative estimate of drug-likeness (QED) is 0.839. The van der Waals surface area contributed by atoms with Crippen LogP contribution in [0.5, 0.6) is 0 Å². The highest BCUT2D eigenvalue weighted by atomic mass is 35.5. The Kier molecular flexibility index (Phi) is 3.19. The summed E-state index contributed by atoms with van der Waals surface area (Å²) in [5, 5.41) is 0.